The van der Waals surface area contributed by atoms with Crippen LogP contribution in [-0.2, 0) is 12.8 Å². The summed E-state index contributed by atoms with van der Waals surface area (Å²) in [5, 5.41) is 4.04. The summed E-state index contributed by atoms with van der Waals surface area (Å²) in [6.45, 7) is 2.45. The van der Waals surface area contributed by atoms with Gasteiger partial charge in [0.15, 0.2) is 0 Å². The monoisotopic (exact) mass is 650 g/mol. The Morgan fingerprint density at radius 2 is 1.29 bits per heavy atom. The summed E-state index contributed by atoms with van der Waals surface area (Å²) in [5.74, 6) is 0. The molecule has 0 unspecified atom stereocenters. The van der Waals surface area contributed by atoms with Crippen LogP contribution < -0.4 is 25.5 Å². The van der Waals surface area contributed by atoms with Gasteiger partial charge in [0.25, 0.3) is 6.71 Å². The van der Waals surface area contributed by atoms with Crippen molar-refractivity contribution in [2.24, 2.45) is 0 Å². The first-order valence-electron chi connectivity index (χ1n) is 17.1. The van der Waals surface area contributed by atoms with Gasteiger partial charge in [-0.05, 0) is 103 Å². The van der Waals surface area contributed by atoms with Crippen LogP contribution in [0.1, 0.15) is 29.5 Å². The summed E-state index contributed by atoms with van der Waals surface area (Å²) in [6, 6.07) is 45.8. The van der Waals surface area contributed by atoms with Crippen LogP contribution in [0.15, 0.2) is 121 Å². The highest BCUT2D eigenvalue weighted by Gasteiger charge is 2.46. The van der Waals surface area contributed by atoms with Crippen molar-refractivity contribution < 1.29 is 0 Å². The van der Waals surface area contributed by atoms with E-state index in [0.717, 1.165) is 12.8 Å². The number of nitrogens with zero attached hydrogens (tertiary/aromatic N) is 2. The Balaban J connectivity index is 1.30. The molecule has 0 saturated carbocycles. The van der Waals surface area contributed by atoms with Crippen LogP contribution >= 0.6 is 22.7 Å². The molecule has 11 rings (SSSR count). The number of hydrogen-bond donors (Lipinski definition) is 0. The maximum Gasteiger partial charge on any atom is 0.264 e. The highest BCUT2D eigenvalue weighted by Crippen LogP contribution is 2.51. The molecular weight excluding hydrogens is 619 g/mol. The van der Waals surface area contributed by atoms with E-state index in [1.807, 2.05) is 22.7 Å². The number of anilines is 6. The lowest BCUT2D eigenvalue weighted by Crippen LogP contribution is -2.60. The number of rotatable bonds is 2. The summed E-state index contributed by atoms with van der Waals surface area (Å²) in [7, 11) is 0. The van der Waals surface area contributed by atoms with Gasteiger partial charge in [0.1, 0.15) is 0 Å². The van der Waals surface area contributed by atoms with E-state index in [4.69, 9.17) is 0 Å². The van der Waals surface area contributed by atoms with Crippen LogP contribution in [0.3, 0.4) is 0 Å². The van der Waals surface area contributed by atoms with Crippen LogP contribution in [-0.4, -0.2) is 6.71 Å². The summed E-state index contributed by atoms with van der Waals surface area (Å²) < 4.78 is 5.52. The molecule has 2 aromatic heterocycles. The molecule has 5 heteroatoms. The molecule has 228 valence electrons. The Morgan fingerprint density at radius 3 is 2.15 bits per heavy atom. The zero-order valence-corrected chi connectivity index (χ0v) is 28.3. The highest BCUT2D eigenvalue weighted by atomic mass is 32.1. The van der Waals surface area contributed by atoms with E-state index in [2.05, 4.69) is 138 Å². The van der Waals surface area contributed by atoms with Crippen LogP contribution in [0.5, 0.6) is 0 Å². The van der Waals surface area contributed by atoms with Gasteiger partial charge in [-0.2, -0.15) is 0 Å². The van der Waals surface area contributed by atoms with Crippen LogP contribution in [0.2, 0.25) is 0 Å². The SMILES string of the molecule is Cc1cc2c3c(c1)N(c1cccc4c1sc1ccccc14)c1c(ccc4c1CCCC4)B3c1sc3ccccc3c1N2c1ccccc1. The molecule has 0 saturated heterocycles. The van der Waals surface area contributed by atoms with Crippen LogP contribution in [0.25, 0.3) is 30.3 Å². The van der Waals surface area contributed by atoms with E-state index in [1.54, 1.807) is 5.56 Å². The summed E-state index contributed by atoms with van der Waals surface area (Å²) in [5.41, 5.74) is 15.2. The molecule has 2 nitrogen and oxygen atoms in total. The zero-order chi connectivity index (χ0) is 31.5. The zero-order valence-electron chi connectivity index (χ0n) is 26.7. The predicted molar refractivity (Wildman–Crippen MR) is 210 cm³/mol. The fourth-order valence-corrected chi connectivity index (χ4v) is 11.4. The molecule has 0 fully saturated rings. The van der Waals surface area contributed by atoms with E-state index in [-0.39, 0.29) is 6.71 Å². The van der Waals surface area contributed by atoms with Gasteiger partial charge in [-0.3, -0.25) is 0 Å². The maximum absolute atomic E-state index is 2.70. The third-order valence-electron chi connectivity index (χ3n) is 10.8. The second-order valence-electron chi connectivity index (χ2n) is 13.6. The van der Waals surface area contributed by atoms with E-state index < -0.39 is 0 Å². The fraction of sp³-hybridized carbons (Fsp3) is 0.116. The van der Waals surface area contributed by atoms with Crippen molar-refractivity contribution in [2.75, 3.05) is 9.80 Å². The second kappa shape index (κ2) is 10.1. The second-order valence-corrected chi connectivity index (χ2v) is 15.7. The van der Waals surface area contributed by atoms with Crippen molar-refractivity contribution in [3.05, 3.63) is 138 Å². The minimum absolute atomic E-state index is 0.169. The number of para-hydroxylation sites is 1. The van der Waals surface area contributed by atoms with E-state index in [1.165, 1.54) is 104 Å². The number of thiophene rings is 2. The molecule has 0 radical (unpaired) electrons. The smallest absolute Gasteiger partial charge is 0.264 e. The molecule has 0 spiro atoms. The van der Waals surface area contributed by atoms with Crippen molar-refractivity contribution in [3.8, 4) is 0 Å². The van der Waals surface area contributed by atoms with Crippen molar-refractivity contribution in [3.63, 3.8) is 0 Å². The quantitative estimate of drug-likeness (QED) is 0.172. The summed E-state index contributed by atoms with van der Waals surface area (Å²) >= 11 is 3.92. The first-order chi connectivity index (χ1) is 23.7. The molecular formula is C43H31BN2S2. The maximum atomic E-state index is 2.70. The predicted octanol–water partition coefficient (Wildman–Crippen LogP) is 10.5. The molecule has 4 heterocycles. The molecule has 0 bridgehead atoms. The van der Waals surface area contributed by atoms with Gasteiger partial charge in [-0.1, -0.05) is 78.9 Å². The number of fused-ring (bicyclic) bond motifs is 11. The van der Waals surface area contributed by atoms with Crippen molar-refractivity contribution in [2.45, 2.75) is 32.6 Å². The van der Waals surface area contributed by atoms with Crippen LogP contribution in [0.4, 0.5) is 34.1 Å². The van der Waals surface area contributed by atoms with Gasteiger partial charge in [-0.25, -0.2) is 0 Å². The van der Waals surface area contributed by atoms with E-state index in [9.17, 15) is 0 Å². The summed E-state index contributed by atoms with van der Waals surface area (Å²) in [4.78, 5) is 5.26. The molecule has 1 aliphatic carbocycles. The van der Waals surface area contributed by atoms with E-state index >= 15 is 0 Å². The molecule has 0 atom stereocenters. The molecule has 48 heavy (non-hydrogen) atoms. The van der Waals surface area contributed by atoms with Gasteiger partial charge in [0.2, 0.25) is 0 Å². The first kappa shape index (κ1) is 27.2. The molecule has 6 aromatic carbocycles. The highest BCUT2D eigenvalue weighted by molar-refractivity contribution is 7.33. The molecule has 2 aliphatic heterocycles. The largest absolute Gasteiger partial charge is 0.310 e. The molecule has 8 aromatic rings. The average molecular weight is 651 g/mol. The van der Waals surface area contributed by atoms with Crippen molar-refractivity contribution >= 4 is 109 Å². The van der Waals surface area contributed by atoms with Gasteiger partial charge in [0.05, 0.1) is 16.1 Å². The third kappa shape index (κ3) is 3.63. The number of benzene rings is 6. The number of hydrogen-bond acceptors (Lipinski definition) is 4. The third-order valence-corrected chi connectivity index (χ3v) is 13.3. The van der Waals surface area contributed by atoms with Crippen LogP contribution in [0, 0.1) is 6.92 Å². The minimum atomic E-state index is 0.169. The molecule has 3 aliphatic rings. The van der Waals surface area contributed by atoms with E-state index in [0.29, 0.717) is 0 Å². The molecule has 0 amide bonds. The Kier molecular flexibility index (Phi) is 5.71. The lowest BCUT2D eigenvalue weighted by molar-refractivity contribution is 0.686. The lowest BCUT2D eigenvalue weighted by Gasteiger charge is -2.44. The fourth-order valence-electron chi connectivity index (χ4n) is 8.90. The topological polar surface area (TPSA) is 6.48 Å². The average Bonchev–Trinajstić information content (AvgIpc) is 3.71. The van der Waals surface area contributed by atoms with Gasteiger partial charge < -0.3 is 9.80 Å². The number of aryl methyl sites for hydroxylation is 2. The van der Waals surface area contributed by atoms with Crippen molar-refractivity contribution in [1.29, 1.82) is 0 Å². The first-order valence-corrected chi connectivity index (χ1v) is 18.7. The molecule has 0 N–H and O–H groups in total. The van der Waals surface area contributed by atoms with Crippen molar-refractivity contribution in [1.82, 2.24) is 0 Å². The van der Waals surface area contributed by atoms with Gasteiger partial charge >= 0.3 is 0 Å². The lowest BCUT2D eigenvalue weighted by atomic mass is 9.36. The Hall–Kier alpha value is -4.84. The summed E-state index contributed by atoms with van der Waals surface area (Å²) in [6.07, 6.45) is 4.81. The Morgan fingerprint density at radius 1 is 0.583 bits per heavy atom. The normalized spacial score (nSPS) is 14.7. The minimum Gasteiger partial charge on any atom is -0.310 e. The standard InChI is InChI=1S/C43H31BN2S2/c1-26-24-35-39-36(25-26)46(34-19-11-18-31-30-16-7-9-20-37(30)47-42(31)34)40-29-15-6-5-12-27(29)22-23-33(40)44(39)43-41(32-17-8-10-21-38(32)48-43)45(35)28-13-3-2-4-14-28/h2-4,7-11,13-14,16-25H,5-6,12,15H2,1H3. The van der Waals surface area contributed by atoms with Gasteiger partial charge in [0, 0.05) is 53.1 Å². The Bertz CT molecular complexity index is 2620. The van der Waals surface area contributed by atoms with Gasteiger partial charge in [-0.15, -0.1) is 22.7 Å². The Labute approximate surface area is 288 Å².